The summed E-state index contributed by atoms with van der Waals surface area (Å²) in [7, 11) is 1.06. The van der Waals surface area contributed by atoms with Crippen LogP contribution in [0.15, 0.2) is 122 Å². The van der Waals surface area contributed by atoms with Crippen molar-refractivity contribution in [2.45, 2.75) is 193 Å². The molecular weight excluding hydrogens is 856 g/mol. The number of unbranched alkanes of at least 4 members (excludes halogenated alkanes) is 11. The van der Waals surface area contributed by atoms with E-state index in [2.05, 4.69) is 141 Å². The van der Waals surface area contributed by atoms with Crippen LogP contribution in [0.3, 0.4) is 0 Å². The third-order valence-electron chi connectivity index (χ3n) is 10.8. The Morgan fingerprint density at radius 1 is 0.552 bits per heavy atom. The summed E-state index contributed by atoms with van der Waals surface area (Å²) in [4.78, 5) is 25.5. The quantitative estimate of drug-likeness (QED) is 0.0240. The van der Waals surface area contributed by atoms with Crippen molar-refractivity contribution in [2.24, 2.45) is 0 Å². The minimum Gasteiger partial charge on any atom is -0.756 e. The molecule has 4 unspecified atom stereocenters. The lowest BCUT2D eigenvalue weighted by Gasteiger charge is -2.31. The zero-order valence-electron chi connectivity index (χ0n) is 42.9. The summed E-state index contributed by atoms with van der Waals surface area (Å²) < 4.78 is 23.2. The van der Waals surface area contributed by atoms with Crippen molar-refractivity contribution in [3.05, 3.63) is 122 Å². The molecule has 1 amide bonds. The fourth-order valence-corrected chi connectivity index (χ4v) is 7.36. The molecule has 4 atom stereocenters. The highest BCUT2D eigenvalue weighted by molar-refractivity contribution is 7.45. The molecule has 0 aromatic rings. The second-order valence-electron chi connectivity index (χ2n) is 18.3. The predicted molar refractivity (Wildman–Crippen MR) is 285 cm³/mol. The lowest BCUT2D eigenvalue weighted by Crippen LogP contribution is -2.51. The van der Waals surface area contributed by atoms with E-state index in [-0.39, 0.29) is 18.9 Å². The molecule has 0 radical (unpaired) electrons. The van der Waals surface area contributed by atoms with E-state index in [4.69, 9.17) is 9.05 Å². The number of amides is 1. The summed E-state index contributed by atoms with van der Waals surface area (Å²) in [5.41, 5.74) is 0. The summed E-state index contributed by atoms with van der Waals surface area (Å²) >= 11 is 0. The van der Waals surface area contributed by atoms with E-state index >= 15 is 0 Å². The molecule has 0 aliphatic carbocycles. The van der Waals surface area contributed by atoms with Gasteiger partial charge in [-0.05, 0) is 116 Å². The van der Waals surface area contributed by atoms with E-state index in [0.717, 1.165) is 116 Å². The van der Waals surface area contributed by atoms with Crippen molar-refractivity contribution in [1.82, 2.24) is 5.32 Å². The van der Waals surface area contributed by atoms with Crippen molar-refractivity contribution in [3.8, 4) is 0 Å². The first-order valence-electron chi connectivity index (χ1n) is 26.0. The molecule has 0 bridgehead atoms. The molecule has 10 heteroatoms. The Morgan fingerprint density at radius 3 is 1.43 bits per heavy atom. The number of phosphoric ester groups is 1. The smallest absolute Gasteiger partial charge is 0.268 e. The summed E-state index contributed by atoms with van der Waals surface area (Å²) in [6.45, 7) is 4.22. The van der Waals surface area contributed by atoms with Crippen LogP contribution in [0.2, 0.25) is 0 Å². The number of aliphatic hydroxyl groups excluding tert-OH is 2. The van der Waals surface area contributed by atoms with Crippen molar-refractivity contribution >= 4 is 13.7 Å². The molecule has 0 fully saturated rings. The Labute approximate surface area is 410 Å². The maximum absolute atomic E-state index is 12.9. The number of carbonyl (C=O) groups excluding carboxylic acids is 1. The standard InChI is InChI=1S/C57H97N2O7P/c1-6-8-10-12-14-16-18-20-21-22-23-24-25-26-27-28-29-30-31-32-33-34-35-36-37-38-40-42-44-46-48-50-56(61)58-54(53-66-67(63,64)65-52-51-59(3,4)5)57(62)55(60)49-47-45-43-41-39-19-17-15-13-11-9-7-2/h8,10,14-17,20-21,23-24,26-27,29-30,32-33,35-36,41,43,54-55,57,60,62H,6-7,9,11-13,18-19,22,25,28,31,34,37-40,42,44-53H2,1-5H3,(H-,58,61,63,64)/b10-8-,16-14-,17-15+,21-20-,24-23-,27-26-,30-29-,33-32-,36-35-,43-41+. The van der Waals surface area contributed by atoms with Crippen LogP contribution < -0.4 is 10.2 Å². The van der Waals surface area contributed by atoms with E-state index in [0.29, 0.717) is 30.3 Å². The predicted octanol–water partition coefficient (Wildman–Crippen LogP) is 13.8. The number of quaternary nitrogens is 1. The largest absolute Gasteiger partial charge is 0.756 e. The summed E-state index contributed by atoms with van der Waals surface area (Å²) in [6, 6.07) is -1.11. The van der Waals surface area contributed by atoms with Gasteiger partial charge in [-0.3, -0.25) is 9.36 Å². The van der Waals surface area contributed by atoms with Crippen LogP contribution in [0.4, 0.5) is 0 Å². The van der Waals surface area contributed by atoms with Crippen LogP contribution in [0.1, 0.15) is 174 Å². The molecule has 0 aliphatic rings. The first kappa shape index (κ1) is 63.9. The van der Waals surface area contributed by atoms with E-state index in [1.807, 2.05) is 21.1 Å². The van der Waals surface area contributed by atoms with Crippen molar-refractivity contribution < 1.29 is 38.0 Å². The molecule has 0 saturated heterocycles. The van der Waals surface area contributed by atoms with Gasteiger partial charge >= 0.3 is 0 Å². The number of likely N-dealkylation sites (N-methyl/N-ethyl adjacent to an activating group) is 1. The van der Waals surface area contributed by atoms with Gasteiger partial charge in [0.2, 0.25) is 5.91 Å². The van der Waals surface area contributed by atoms with Crippen LogP contribution in [0, 0.1) is 0 Å². The molecule has 0 aromatic carbocycles. The Morgan fingerprint density at radius 2 is 0.955 bits per heavy atom. The number of rotatable bonds is 45. The Balaban J connectivity index is 4.37. The lowest BCUT2D eigenvalue weighted by atomic mass is 10.0. The molecule has 67 heavy (non-hydrogen) atoms. The number of phosphoric acid groups is 1. The molecule has 0 spiro atoms. The first-order chi connectivity index (χ1) is 32.4. The molecule has 0 heterocycles. The number of carbonyl (C=O) groups is 1. The van der Waals surface area contributed by atoms with Gasteiger partial charge in [0.1, 0.15) is 19.3 Å². The van der Waals surface area contributed by atoms with Crippen LogP contribution in [-0.2, 0) is 18.4 Å². The number of hydrogen-bond donors (Lipinski definition) is 3. The second-order valence-corrected chi connectivity index (χ2v) is 19.7. The number of hydrogen-bond acceptors (Lipinski definition) is 7. The van der Waals surface area contributed by atoms with Crippen molar-refractivity contribution in [1.29, 1.82) is 0 Å². The van der Waals surface area contributed by atoms with Gasteiger partial charge in [-0.1, -0.05) is 174 Å². The van der Waals surface area contributed by atoms with E-state index in [1.54, 1.807) is 0 Å². The third kappa shape index (κ3) is 47.7. The van der Waals surface area contributed by atoms with Gasteiger partial charge in [-0.15, -0.1) is 0 Å². The van der Waals surface area contributed by atoms with Gasteiger partial charge in [0, 0.05) is 6.42 Å². The number of aliphatic hydroxyl groups is 2. The highest BCUT2D eigenvalue weighted by Gasteiger charge is 2.29. The molecule has 382 valence electrons. The molecule has 3 N–H and O–H groups in total. The first-order valence-corrected chi connectivity index (χ1v) is 27.4. The Hall–Kier alpha value is -3.14. The molecule has 0 aliphatic heterocycles. The van der Waals surface area contributed by atoms with E-state index in [9.17, 15) is 24.5 Å². The van der Waals surface area contributed by atoms with Crippen LogP contribution in [0.5, 0.6) is 0 Å². The minimum atomic E-state index is -4.69. The van der Waals surface area contributed by atoms with Crippen LogP contribution in [0.25, 0.3) is 0 Å². The summed E-state index contributed by atoms with van der Waals surface area (Å²) in [5, 5.41) is 24.6. The summed E-state index contributed by atoms with van der Waals surface area (Å²) in [5.74, 6) is -0.314. The van der Waals surface area contributed by atoms with E-state index in [1.165, 1.54) is 19.3 Å². The molecule has 9 nitrogen and oxygen atoms in total. The topological polar surface area (TPSA) is 128 Å². The van der Waals surface area contributed by atoms with Gasteiger partial charge in [-0.25, -0.2) is 0 Å². The van der Waals surface area contributed by atoms with Gasteiger partial charge < -0.3 is 34.0 Å². The third-order valence-corrected chi connectivity index (χ3v) is 11.7. The molecule has 0 rings (SSSR count). The molecule has 0 aromatic heterocycles. The fraction of sp³-hybridized carbons (Fsp3) is 0.632. The number of nitrogens with zero attached hydrogens (tertiary/aromatic N) is 1. The average Bonchev–Trinajstić information content (AvgIpc) is 3.29. The average molecular weight is 953 g/mol. The molecular formula is C57H97N2O7P. The van der Waals surface area contributed by atoms with Crippen molar-refractivity contribution in [2.75, 3.05) is 40.9 Å². The van der Waals surface area contributed by atoms with Crippen LogP contribution >= 0.6 is 7.82 Å². The number of allylic oxidation sites excluding steroid dienone is 20. The maximum Gasteiger partial charge on any atom is 0.268 e. The maximum atomic E-state index is 12.9. The van der Waals surface area contributed by atoms with Gasteiger partial charge in [-0.2, -0.15) is 0 Å². The van der Waals surface area contributed by atoms with Crippen molar-refractivity contribution in [3.63, 3.8) is 0 Å². The van der Waals surface area contributed by atoms with Crippen LogP contribution in [-0.4, -0.2) is 79.8 Å². The van der Waals surface area contributed by atoms with Gasteiger partial charge in [0.25, 0.3) is 7.82 Å². The second kappa shape index (κ2) is 46.6. The highest BCUT2D eigenvalue weighted by atomic mass is 31.2. The molecule has 0 saturated carbocycles. The minimum absolute atomic E-state index is 0.0591. The highest BCUT2D eigenvalue weighted by Crippen LogP contribution is 2.38. The Bertz CT molecular complexity index is 1520. The monoisotopic (exact) mass is 953 g/mol. The fourth-order valence-electron chi connectivity index (χ4n) is 6.64. The van der Waals surface area contributed by atoms with Gasteiger partial charge in [0.05, 0.1) is 39.9 Å². The van der Waals surface area contributed by atoms with E-state index < -0.39 is 32.7 Å². The Kier molecular flexibility index (Phi) is 44.4. The lowest BCUT2D eigenvalue weighted by molar-refractivity contribution is -0.870. The number of nitrogens with one attached hydrogen (secondary N) is 1. The van der Waals surface area contributed by atoms with Gasteiger partial charge in [0.15, 0.2) is 0 Å². The zero-order chi connectivity index (χ0) is 49.4. The SMILES string of the molecule is CC/C=C\C/C=C\C/C=C\C/C=C\C/C=C\C/C=C\C/C=C\C/C=C\CCCCCCCCC(=O)NC(COP(=O)([O-])OCC[N+](C)(C)C)C(O)C(O)CCC/C=C/CC/C=C/CCCCC. The summed E-state index contributed by atoms with van der Waals surface area (Å²) in [6.07, 6.45) is 65.4. The normalized spacial score (nSPS) is 15.5. The zero-order valence-corrected chi connectivity index (χ0v) is 43.8.